The number of nitrogens with zero attached hydrogens (tertiary/aromatic N) is 1. The van der Waals surface area contributed by atoms with Crippen molar-refractivity contribution in [3.05, 3.63) is 11.8 Å². The van der Waals surface area contributed by atoms with Gasteiger partial charge in [0, 0.05) is 18.7 Å². The van der Waals surface area contributed by atoms with Crippen molar-refractivity contribution in [2.45, 2.75) is 38.5 Å². The molecule has 4 heteroatoms. The minimum absolute atomic E-state index is 0.113. The summed E-state index contributed by atoms with van der Waals surface area (Å²) in [4.78, 5) is 25.3. The van der Waals surface area contributed by atoms with Crippen molar-refractivity contribution in [2.75, 3.05) is 6.54 Å². The Kier molecular flexibility index (Phi) is 2.28. The number of fused-ring (bicyclic) bond motifs is 1. The number of hydrogen-bond acceptors (Lipinski definition) is 2. The van der Waals surface area contributed by atoms with Gasteiger partial charge in [0.2, 0.25) is 5.91 Å². The van der Waals surface area contributed by atoms with Crippen LogP contribution in [-0.2, 0) is 9.59 Å². The third-order valence-electron chi connectivity index (χ3n) is 4.30. The zero-order chi connectivity index (χ0) is 12.0. The second kappa shape index (κ2) is 3.59. The standard InChI is InChI=1S/C13H17NO3/c15-11-5-7-13(12(16)17)6-1-2-10(13)14(11)8-9-3-4-9/h2,9H,1,3-8H2,(H,16,17)/t13-/m1/s1. The van der Waals surface area contributed by atoms with E-state index in [9.17, 15) is 14.7 Å². The van der Waals surface area contributed by atoms with E-state index in [-0.39, 0.29) is 5.91 Å². The molecule has 3 aliphatic rings. The largest absolute Gasteiger partial charge is 0.481 e. The molecule has 2 fully saturated rings. The molecule has 0 spiro atoms. The lowest BCUT2D eigenvalue weighted by Crippen LogP contribution is -2.47. The lowest BCUT2D eigenvalue weighted by molar-refractivity contribution is -0.151. The van der Waals surface area contributed by atoms with E-state index in [2.05, 4.69) is 0 Å². The lowest BCUT2D eigenvalue weighted by Gasteiger charge is -2.39. The van der Waals surface area contributed by atoms with Crippen molar-refractivity contribution in [3.63, 3.8) is 0 Å². The minimum atomic E-state index is -0.761. The predicted octanol–water partition coefficient (Wildman–Crippen LogP) is 1.77. The first-order valence-electron chi connectivity index (χ1n) is 6.38. The Morgan fingerprint density at radius 2 is 2.24 bits per heavy atom. The van der Waals surface area contributed by atoms with Crippen LogP contribution in [-0.4, -0.2) is 28.4 Å². The zero-order valence-electron chi connectivity index (χ0n) is 9.82. The summed E-state index contributed by atoms with van der Waals surface area (Å²) in [6, 6.07) is 0. The number of likely N-dealkylation sites (tertiary alicyclic amines) is 1. The molecule has 1 amide bonds. The number of carbonyl (C=O) groups excluding carboxylic acids is 1. The van der Waals surface area contributed by atoms with Crippen molar-refractivity contribution in [2.24, 2.45) is 11.3 Å². The highest BCUT2D eigenvalue weighted by Gasteiger charge is 2.51. The smallest absolute Gasteiger partial charge is 0.315 e. The average molecular weight is 235 g/mol. The number of amides is 1. The Labute approximate surface area is 100 Å². The Bertz CT molecular complexity index is 411. The number of carboxylic acid groups (broad SMARTS) is 1. The number of aliphatic carboxylic acids is 1. The van der Waals surface area contributed by atoms with Crippen LogP contribution in [0.2, 0.25) is 0 Å². The van der Waals surface area contributed by atoms with Crippen LogP contribution in [0.1, 0.15) is 38.5 Å². The van der Waals surface area contributed by atoms with Gasteiger partial charge in [-0.1, -0.05) is 6.08 Å². The van der Waals surface area contributed by atoms with Gasteiger partial charge >= 0.3 is 5.97 Å². The summed E-state index contributed by atoms with van der Waals surface area (Å²) in [5, 5.41) is 9.47. The van der Waals surface area contributed by atoms with Gasteiger partial charge in [-0.3, -0.25) is 9.59 Å². The molecule has 0 radical (unpaired) electrons. The van der Waals surface area contributed by atoms with Gasteiger partial charge in [-0.05, 0) is 38.0 Å². The second-order valence-corrected chi connectivity index (χ2v) is 5.46. The summed E-state index contributed by atoms with van der Waals surface area (Å²) >= 11 is 0. The van der Waals surface area contributed by atoms with E-state index < -0.39 is 11.4 Å². The van der Waals surface area contributed by atoms with Crippen LogP contribution in [0, 0.1) is 11.3 Å². The van der Waals surface area contributed by atoms with Crippen molar-refractivity contribution < 1.29 is 14.7 Å². The van der Waals surface area contributed by atoms with Crippen LogP contribution in [0.3, 0.4) is 0 Å². The first-order chi connectivity index (χ1) is 8.13. The van der Waals surface area contributed by atoms with Crippen LogP contribution in [0.4, 0.5) is 0 Å². The highest BCUT2D eigenvalue weighted by Crippen LogP contribution is 2.49. The molecule has 1 saturated carbocycles. The first-order valence-corrected chi connectivity index (χ1v) is 6.38. The summed E-state index contributed by atoms with van der Waals surface area (Å²) < 4.78 is 0. The van der Waals surface area contributed by atoms with Crippen LogP contribution >= 0.6 is 0 Å². The van der Waals surface area contributed by atoms with Gasteiger partial charge in [-0.15, -0.1) is 0 Å². The Morgan fingerprint density at radius 1 is 1.47 bits per heavy atom. The molecule has 3 rings (SSSR count). The Balaban J connectivity index is 1.91. The van der Waals surface area contributed by atoms with Gasteiger partial charge in [-0.2, -0.15) is 0 Å². The van der Waals surface area contributed by atoms with Crippen molar-refractivity contribution in [3.8, 4) is 0 Å². The van der Waals surface area contributed by atoms with Gasteiger partial charge in [-0.25, -0.2) is 0 Å². The summed E-state index contributed by atoms with van der Waals surface area (Å²) in [5.41, 5.74) is 0.0242. The first kappa shape index (κ1) is 10.8. The number of hydrogen-bond donors (Lipinski definition) is 1. The number of piperidine rings is 1. The van der Waals surface area contributed by atoms with E-state index in [0.717, 1.165) is 18.7 Å². The third-order valence-corrected chi connectivity index (χ3v) is 4.30. The van der Waals surface area contributed by atoms with Crippen LogP contribution in [0.15, 0.2) is 11.8 Å². The SMILES string of the molecule is O=C1CC[C@]2(C(=O)O)CCC=C2N1CC1CC1. The predicted molar refractivity (Wildman–Crippen MR) is 61.1 cm³/mol. The fourth-order valence-electron chi connectivity index (χ4n) is 3.07. The van der Waals surface area contributed by atoms with E-state index in [0.29, 0.717) is 25.2 Å². The molecule has 1 saturated heterocycles. The van der Waals surface area contributed by atoms with E-state index in [1.807, 2.05) is 6.08 Å². The number of carbonyl (C=O) groups is 2. The summed E-state index contributed by atoms with van der Waals surface area (Å²) in [6.45, 7) is 0.736. The monoisotopic (exact) mass is 235 g/mol. The fourth-order valence-corrected chi connectivity index (χ4v) is 3.07. The molecular weight excluding hydrogens is 218 g/mol. The van der Waals surface area contributed by atoms with E-state index in [4.69, 9.17) is 0 Å². The summed E-state index contributed by atoms with van der Waals surface area (Å²) in [6.07, 6.45) is 6.63. The van der Waals surface area contributed by atoms with Crippen LogP contribution in [0.25, 0.3) is 0 Å². The van der Waals surface area contributed by atoms with Crippen LogP contribution in [0.5, 0.6) is 0 Å². The van der Waals surface area contributed by atoms with Crippen molar-refractivity contribution in [1.82, 2.24) is 4.90 Å². The van der Waals surface area contributed by atoms with E-state index in [1.54, 1.807) is 4.90 Å². The second-order valence-electron chi connectivity index (χ2n) is 5.46. The number of carboxylic acids is 1. The van der Waals surface area contributed by atoms with E-state index >= 15 is 0 Å². The van der Waals surface area contributed by atoms with E-state index in [1.165, 1.54) is 12.8 Å². The lowest BCUT2D eigenvalue weighted by atomic mass is 9.77. The molecule has 1 atom stereocenters. The highest BCUT2D eigenvalue weighted by atomic mass is 16.4. The molecule has 2 aliphatic carbocycles. The molecule has 0 aromatic heterocycles. The maximum atomic E-state index is 12.0. The van der Waals surface area contributed by atoms with Crippen LogP contribution < -0.4 is 0 Å². The molecule has 0 aromatic rings. The summed E-state index contributed by atoms with van der Waals surface area (Å²) in [5.74, 6) is -0.0403. The number of rotatable bonds is 3. The molecule has 0 unspecified atom stereocenters. The maximum Gasteiger partial charge on any atom is 0.315 e. The molecule has 17 heavy (non-hydrogen) atoms. The molecule has 1 aliphatic heterocycles. The Morgan fingerprint density at radius 3 is 2.88 bits per heavy atom. The molecule has 92 valence electrons. The topological polar surface area (TPSA) is 57.6 Å². The molecule has 1 heterocycles. The average Bonchev–Trinajstić information content (AvgIpc) is 2.99. The molecule has 1 N–H and O–H groups in total. The molecule has 0 aromatic carbocycles. The highest BCUT2D eigenvalue weighted by molar-refractivity contribution is 5.87. The summed E-state index contributed by atoms with van der Waals surface area (Å²) in [7, 11) is 0. The molecule has 4 nitrogen and oxygen atoms in total. The minimum Gasteiger partial charge on any atom is -0.481 e. The normalized spacial score (nSPS) is 32.4. The molecule has 0 bridgehead atoms. The third kappa shape index (κ3) is 1.58. The quantitative estimate of drug-likeness (QED) is 0.811. The fraction of sp³-hybridized carbons (Fsp3) is 0.692. The van der Waals surface area contributed by atoms with Gasteiger partial charge < -0.3 is 10.0 Å². The van der Waals surface area contributed by atoms with Crippen molar-refractivity contribution >= 4 is 11.9 Å². The van der Waals surface area contributed by atoms with Gasteiger partial charge in [0.15, 0.2) is 0 Å². The maximum absolute atomic E-state index is 12.0. The van der Waals surface area contributed by atoms with Gasteiger partial charge in [0.1, 0.15) is 5.41 Å². The molecular formula is C13H17NO3. The number of allylic oxidation sites excluding steroid dienone is 1. The van der Waals surface area contributed by atoms with Crippen molar-refractivity contribution in [1.29, 1.82) is 0 Å². The van der Waals surface area contributed by atoms with Gasteiger partial charge in [0.25, 0.3) is 0 Å². The Hall–Kier alpha value is -1.32. The van der Waals surface area contributed by atoms with Gasteiger partial charge in [0.05, 0.1) is 0 Å². The zero-order valence-corrected chi connectivity index (χ0v) is 9.82.